The Bertz CT molecular complexity index is 452. The first-order valence-corrected chi connectivity index (χ1v) is 4.88. The third-order valence-electron chi connectivity index (χ3n) is 2.33. The fourth-order valence-corrected chi connectivity index (χ4v) is 1.67. The number of fused-ring (bicyclic) bond motifs is 1. The molecule has 1 aliphatic heterocycles. The Hall–Kier alpha value is -1.53. The van der Waals surface area contributed by atoms with Gasteiger partial charge in [0.05, 0.1) is 5.56 Å². The van der Waals surface area contributed by atoms with Crippen molar-refractivity contribution in [3.05, 3.63) is 21.7 Å². The predicted octanol–water partition coefficient (Wildman–Crippen LogP) is 1.23. The van der Waals surface area contributed by atoms with E-state index >= 15 is 0 Å². The van der Waals surface area contributed by atoms with E-state index in [9.17, 15) is 18.0 Å². The Labute approximate surface area is 88.9 Å². The van der Waals surface area contributed by atoms with Crippen molar-refractivity contribution >= 4 is 5.82 Å². The highest BCUT2D eigenvalue weighted by Gasteiger charge is 2.30. The summed E-state index contributed by atoms with van der Waals surface area (Å²) in [7, 11) is 0. The van der Waals surface area contributed by atoms with Gasteiger partial charge in [-0.1, -0.05) is 0 Å². The number of hydrogen-bond acceptors (Lipinski definition) is 3. The average Bonchev–Trinajstić information content (AvgIpc) is 2.15. The van der Waals surface area contributed by atoms with Crippen LogP contribution < -0.4 is 10.9 Å². The molecule has 0 atom stereocenters. The van der Waals surface area contributed by atoms with Gasteiger partial charge in [0.2, 0.25) is 0 Å². The number of nitrogens with one attached hydrogen (secondary N) is 2. The molecule has 0 fully saturated rings. The van der Waals surface area contributed by atoms with Crippen LogP contribution in [-0.4, -0.2) is 22.7 Å². The first-order chi connectivity index (χ1) is 7.46. The van der Waals surface area contributed by atoms with Crippen LogP contribution >= 0.6 is 0 Å². The molecular formula is C9H10F3N3O. The van der Waals surface area contributed by atoms with Crippen molar-refractivity contribution in [2.45, 2.75) is 25.4 Å². The summed E-state index contributed by atoms with van der Waals surface area (Å²) in [4.78, 5) is 17.4. The minimum Gasteiger partial charge on any atom is -0.370 e. The smallest absolute Gasteiger partial charge is 0.370 e. The highest BCUT2D eigenvalue weighted by Crippen LogP contribution is 2.21. The number of anilines is 1. The maximum Gasteiger partial charge on any atom is 0.396 e. The Kier molecular flexibility index (Phi) is 2.61. The zero-order valence-electron chi connectivity index (χ0n) is 8.32. The summed E-state index contributed by atoms with van der Waals surface area (Å²) in [6.45, 7) is 0.634. The lowest BCUT2D eigenvalue weighted by atomic mass is 10.1. The molecular weight excluding hydrogens is 223 g/mol. The van der Waals surface area contributed by atoms with Gasteiger partial charge in [0.15, 0.2) is 0 Å². The molecule has 0 aliphatic carbocycles. The molecule has 0 unspecified atom stereocenters. The van der Waals surface area contributed by atoms with Crippen LogP contribution in [-0.2, 0) is 12.8 Å². The van der Waals surface area contributed by atoms with Crippen LogP contribution in [0.25, 0.3) is 0 Å². The van der Waals surface area contributed by atoms with Gasteiger partial charge in [0.1, 0.15) is 18.1 Å². The number of H-pyrrole nitrogens is 1. The molecule has 16 heavy (non-hydrogen) atoms. The number of aromatic nitrogens is 2. The third kappa shape index (κ3) is 2.34. The van der Waals surface area contributed by atoms with Crippen LogP contribution in [0.2, 0.25) is 0 Å². The lowest BCUT2D eigenvalue weighted by molar-refractivity contribution is -0.128. The fourth-order valence-electron chi connectivity index (χ4n) is 1.67. The van der Waals surface area contributed by atoms with Crippen molar-refractivity contribution in [3.63, 3.8) is 0 Å². The van der Waals surface area contributed by atoms with Crippen molar-refractivity contribution in [1.82, 2.24) is 9.97 Å². The zero-order chi connectivity index (χ0) is 11.8. The molecule has 1 aliphatic rings. The SMILES string of the molecule is O=c1[nH]c(CC(F)(F)F)nc2c1CCCN2. The number of hydrogen-bond donors (Lipinski definition) is 2. The monoisotopic (exact) mass is 233 g/mol. The van der Waals surface area contributed by atoms with Crippen molar-refractivity contribution < 1.29 is 13.2 Å². The molecule has 2 heterocycles. The summed E-state index contributed by atoms with van der Waals surface area (Å²) in [5, 5.41) is 2.83. The van der Waals surface area contributed by atoms with Crippen LogP contribution in [0.5, 0.6) is 0 Å². The van der Waals surface area contributed by atoms with Gasteiger partial charge in [-0.2, -0.15) is 13.2 Å². The maximum absolute atomic E-state index is 12.1. The Morgan fingerprint density at radius 3 is 2.81 bits per heavy atom. The minimum atomic E-state index is -4.36. The molecule has 0 bridgehead atoms. The quantitative estimate of drug-likeness (QED) is 0.767. The standard InChI is InChI=1S/C9H10F3N3O/c10-9(11,12)4-6-14-7-5(8(16)15-6)2-1-3-13-7/h1-4H2,(H2,13,14,15,16). The molecule has 2 N–H and O–H groups in total. The lowest BCUT2D eigenvalue weighted by Crippen LogP contribution is -2.27. The molecule has 0 spiro atoms. The number of nitrogens with zero attached hydrogens (tertiary/aromatic N) is 1. The zero-order valence-corrected chi connectivity index (χ0v) is 8.32. The Balaban J connectivity index is 2.36. The summed E-state index contributed by atoms with van der Waals surface area (Å²) in [5.74, 6) is -0.0556. The van der Waals surface area contributed by atoms with E-state index in [4.69, 9.17) is 0 Å². The van der Waals surface area contributed by atoms with Gasteiger partial charge in [-0.15, -0.1) is 0 Å². The normalized spacial score (nSPS) is 15.4. The van der Waals surface area contributed by atoms with Crippen LogP contribution in [0.1, 0.15) is 17.8 Å². The number of rotatable bonds is 1. The van der Waals surface area contributed by atoms with Gasteiger partial charge in [-0.05, 0) is 12.8 Å². The molecule has 7 heteroatoms. The number of aromatic amines is 1. The van der Waals surface area contributed by atoms with Crippen molar-refractivity contribution in [3.8, 4) is 0 Å². The molecule has 1 aromatic rings. The van der Waals surface area contributed by atoms with E-state index in [1.807, 2.05) is 0 Å². The summed E-state index contributed by atoms with van der Waals surface area (Å²) < 4.78 is 36.4. The molecule has 0 aromatic carbocycles. The molecule has 0 radical (unpaired) electrons. The maximum atomic E-state index is 12.1. The van der Waals surface area contributed by atoms with E-state index in [2.05, 4.69) is 15.3 Å². The largest absolute Gasteiger partial charge is 0.396 e. The van der Waals surface area contributed by atoms with E-state index in [0.29, 0.717) is 18.5 Å². The van der Waals surface area contributed by atoms with Crippen LogP contribution in [0.3, 0.4) is 0 Å². The van der Waals surface area contributed by atoms with E-state index in [-0.39, 0.29) is 11.6 Å². The molecule has 0 saturated heterocycles. The Morgan fingerprint density at radius 2 is 2.12 bits per heavy atom. The molecule has 0 amide bonds. The van der Waals surface area contributed by atoms with Gasteiger partial charge >= 0.3 is 6.18 Å². The highest BCUT2D eigenvalue weighted by atomic mass is 19.4. The Morgan fingerprint density at radius 1 is 1.38 bits per heavy atom. The van der Waals surface area contributed by atoms with Gasteiger partial charge < -0.3 is 10.3 Å². The third-order valence-corrected chi connectivity index (χ3v) is 2.33. The van der Waals surface area contributed by atoms with Crippen molar-refractivity contribution in [2.75, 3.05) is 11.9 Å². The minimum absolute atomic E-state index is 0.286. The summed E-state index contributed by atoms with van der Waals surface area (Å²) >= 11 is 0. The van der Waals surface area contributed by atoms with E-state index in [1.165, 1.54) is 0 Å². The summed E-state index contributed by atoms with van der Waals surface area (Å²) in [6, 6.07) is 0. The molecule has 1 aromatic heterocycles. The van der Waals surface area contributed by atoms with Crippen molar-refractivity contribution in [1.29, 1.82) is 0 Å². The van der Waals surface area contributed by atoms with Gasteiger partial charge in [-0.3, -0.25) is 4.79 Å². The first kappa shape index (κ1) is 11.0. The number of halogens is 3. The van der Waals surface area contributed by atoms with Gasteiger partial charge in [0.25, 0.3) is 5.56 Å². The van der Waals surface area contributed by atoms with Crippen molar-refractivity contribution in [2.24, 2.45) is 0 Å². The van der Waals surface area contributed by atoms with Gasteiger partial charge in [0, 0.05) is 6.54 Å². The molecule has 2 rings (SSSR count). The number of alkyl halides is 3. The second kappa shape index (κ2) is 3.80. The summed E-state index contributed by atoms with van der Waals surface area (Å²) in [6.07, 6.45) is -4.23. The van der Waals surface area contributed by atoms with Crippen LogP contribution in [0.15, 0.2) is 4.79 Å². The fraction of sp³-hybridized carbons (Fsp3) is 0.556. The topological polar surface area (TPSA) is 57.8 Å². The van der Waals surface area contributed by atoms with Gasteiger partial charge in [-0.25, -0.2) is 4.98 Å². The summed E-state index contributed by atoms with van der Waals surface area (Å²) in [5.41, 5.74) is -0.0337. The molecule has 4 nitrogen and oxygen atoms in total. The molecule has 88 valence electrons. The van der Waals surface area contributed by atoms with Crippen LogP contribution in [0.4, 0.5) is 19.0 Å². The van der Waals surface area contributed by atoms with E-state index in [0.717, 1.165) is 6.42 Å². The average molecular weight is 233 g/mol. The predicted molar refractivity (Wildman–Crippen MR) is 51.4 cm³/mol. The first-order valence-electron chi connectivity index (χ1n) is 4.88. The molecule has 0 saturated carbocycles. The highest BCUT2D eigenvalue weighted by molar-refractivity contribution is 5.45. The van der Waals surface area contributed by atoms with E-state index in [1.54, 1.807) is 0 Å². The second-order valence-corrected chi connectivity index (χ2v) is 3.66. The lowest BCUT2D eigenvalue weighted by Gasteiger charge is -2.16. The van der Waals surface area contributed by atoms with E-state index < -0.39 is 18.2 Å². The van der Waals surface area contributed by atoms with Crippen LogP contribution in [0, 0.1) is 0 Å². The second-order valence-electron chi connectivity index (χ2n) is 3.66.